The average Bonchev–Trinajstić information content (AvgIpc) is 3.04. The Bertz CT molecular complexity index is 1680. The van der Waals surface area contributed by atoms with Crippen molar-refractivity contribution < 1.29 is 22.7 Å². The minimum atomic E-state index is -4.39. The SMILES string of the molecule is CCOc1ccc(CC(NS(=O)(=O)c2ccc(Cl)cc2)(C(N)=O)[C@H](Cc2ccccc2)C(=O)NCc2ccc(CN)cc2)cc1. The molecule has 6 N–H and O–H groups in total. The van der Waals surface area contributed by atoms with Crippen molar-refractivity contribution in [3.63, 3.8) is 0 Å². The molecule has 2 atom stereocenters. The van der Waals surface area contributed by atoms with E-state index in [4.69, 9.17) is 27.8 Å². The number of benzene rings is 4. The van der Waals surface area contributed by atoms with Gasteiger partial charge in [0, 0.05) is 24.5 Å². The Hall–Kier alpha value is -4.22. The summed E-state index contributed by atoms with van der Waals surface area (Å²) in [6.45, 7) is 2.83. The molecule has 11 heteroatoms. The zero-order chi connectivity index (χ0) is 32.5. The molecule has 0 aliphatic heterocycles. The summed E-state index contributed by atoms with van der Waals surface area (Å²) in [6, 6.07) is 28.9. The number of ether oxygens (including phenoxy) is 1. The van der Waals surface area contributed by atoms with E-state index in [1.807, 2.05) is 49.4 Å². The molecule has 236 valence electrons. The lowest BCUT2D eigenvalue weighted by Gasteiger charge is -2.38. The van der Waals surface area contributed by atoms with Crippen LogP contribution >= 0.6 is 11.6 Å². The molecule has 0 bridgehead atoms. The van der Waals surface area contributed by atoms with Gasteiger partial charge in [-0.15, -0.1) is 0 Å². The summed E-state index contributed by atoms with van der Waals surface area (Å²) in [6.07, 6.45) is -0.195. The third-order valence-corrected chi connectivity index (χ3v) is 9.29. The summed E-state index contributed by atoms with van der Waals surface area (Å²) >= 11 is 6.01. The first-order chi connectivity index (χ1) is 21.6. The number of primary amides is 1. The van der Waals surface area contributed by atoms with Crippen molar-refractivity contribution >= 4 is 33.4 Å². The normalized spacial score (nSPS) is 13.4. The predicted octanol–water partition coefficient (Wildman–Crippen LogP) is 4.12. The summed E-state index contributed by atoms with van der Waals surface area (Å²) in [4.78, 5) is 27.7. The number of amides is 2. The highest BCUT2D eigenvalue weighted by atomic mass is 35.5. The van der Waals surface area contributed by atoms with Gasteiger partial charge in [-0.1, -0.05) is 78.3 Å². The zero-order valence-corrected chi connectivity index (χ0v) is 26.5. The van der Waals surface area contributed by atoms with Crippen LogP contribution in [0.25, 0.3) is 0 Å². The van der Waals surface area contributed by atoms with Crippen LogP contribution in [0.1, 0.15) is 29.2 Å². The fourth-order valence-electron chi connectivity index (χ4n) is 5.09. The fraction of sp³-hybridized carbons (Fsp3) is 0.235. The van der Waals surface area contributed by atoms with Crippen molar-refractivity contribution in [2.45, 2.75) is 43.3 Å². The van der Waals surface area contributed by atoms with Crippen LogP contribution < -0.4 is 26.2 Å². The number of halogens is 1. The molecule has 0 spiro atoms. The van der Waals surface area contributed by atoms with E-state index >= 15 is 0 Å². The van der Waals surface area contributed by atoms with E-state index in [2.05, 4.69) is 10.0 Å². The summed E-state index contributed by atoms with van der Waals surface area (Å²) in [5.41, 5.74) is 12.8. The highest BCUT2D eigenvalue weighted by molar-refractivity contribution is 7.89. The Morgan fingerprint density at radius 1 is 0.844 bits per heavy atom. The van der Waals surface area contributed by atoms with E-state index < -0.39 is 33.3 Å². The number of hydrogen-bond acceptors (Lipinski definition) is 6. The van der Waals surface area contributed by atoms with Crippen LogP contribution in [0.2, 0.25) is 5.02 Å². The van der Waals surface area contributed by atoms with Crippen LogP contribution in [0.3, 0.4) is 0 Å². The molecular weight excluding hydrogens is 612 g/mol. The Balaban J connectivity index is 1.81. The van der Waals surface area contributed by atoms with Crippen LogP contribution in [0, 0.1) is 5.92 Å². The van der Waals surface area contributed by atoms with Crippen LogP contribution in [0.15, 0.2) is 108 Å². The second-order valence-corrected chi connectivity index (χ2v) is 12.7. The Kier molecular flexibility index (Phi) is 11.4. The molecule has 0 saturated carbocycles. The molecule has 1 unspecified atom stereocenters. The highest BCUT2D eigenvalue weighted by Gasteiger charge is 2.51. The molecule has 0 aliphatic carbocycles. The first kappa shape index (κ1) is 33.7. The van der Waals surface area contributed by atoms with Gasteiger partial charge < -0.3 is 21.5 Å². The van der Waals surface area contributed by atoms with E-state index in [1.54, 1.807) is 36.4 Å². The number of hydrogen-bond donors (Lipinski definition) is 4. The first-order valence-electron chi connectivity index (χ1n) is 14.5. The molecule has 4 aromatic carbocycles. The molecule has 2 amide bonds. The van der Waals surface area contributed by atoms with Gasteiger partial charge >= 0.3 is 0 Å². The van der Waals surface area contributed by atoms with Crippen LogP contribution in [-0.4, -0.2) is 32.4 Å². The minimum Gasteiger partial charge on any atom is -0.494 e. The van der Waals surface area contributed by atoms with Gasteiger partial charge in [-0.25, -0.2) is 8.42 Å². The van der Waals surface area contributed by atoms with Crippen LogP contribution in [0.4, 0.5) is 0 Å². The Morgan fingerprint density at radius 2 is 1.44 bits per heavy atom. The molecule has 4 rings (SSSR count). The lowest BCUT2D eigenvalue weighted by Crippen LogP contribution is -2.66. The number of sulfonamides is 1. The molecule has 45 heavy (non-hydrogen) atoms. The van der Waals surface area contributed by atoms with Crippen molar-refractivity contribution in [3.05, 3.63) is 130 Å². The van der Waals surface area contributed by atoms with E-state index in [-0.39, 0.29) is 24.3 Å². The molecule has 0 saturated heterocycles. The average molecular weight is 649 g/mol. The fourth-order valence-corrected chi connectivity index (χ4v) is 6.62. The topological polar surface area (TPSA) is 154 Å². The van der Waals surface area contributed by atoms with Gasteiger partial charge in [0.2, 0.25) is 21.8 Å². The van der Waals surface area contributed by atoms with Crippen LogP contribution in [-0.2, 0) is 45.5 Å². The summed E-state index contributed by atoms with van der Waals surface area (Å²) < 4.78 is 35.9. The van der Waals surface area contributed by atoms with E-state index in [0.717, 1.165) is 11.1 Å². The van der Waals surface area contributed by atoms with Gasteiger partial charge in [-0.2, -0.15) is 4.72 Å². The second-order valence-electron chi connectivity index (χ2n) is 10.6. The first-order valence-corrected chi connectivity index (χ1v) is 16.3. The predicted molar refractivity (Wildman–Crippen MR) is 175 cm³/mol. The Labute approximate surface area is 269 Å². The van der Waals surface area contributed by atoms with Crippen molar-refractivity contribution in [1.82, 2.24) is 10.0 Å². The Morgan fingerprint density at radius 3 is 2.02 bits per heavy atom. The van der Waals surface area contributed by atoms with Crippen molar-refractivity contribution in [1.29, 1.82) is 0 Å². The summed E-state index contributed by atoms with van der Waals surface area (Å²) in [7, 11) is -4.39. The maximum Gasteiger partial charge on any atom is 0.241 e. The van der Waals surface area contributed by atoms with Gasteiger partial charge in [0.25, 0.3) is 0 Å². The van der Waals surface area contributed by atoms with Crippen molar-refractivity contribution in [3.8, 4) is 5.75 Å². The number of nitrogens with one attached hydrogen (secondary N) is 2. The quantitative estimate of drug-likeness (QED) is 0.152. The number of carbonyl (C=O) groups excluding carboxylic acids is 2. The smallest absolute Gasteiger partial charge is 0.241 e. The third kappa shape index (κ3) is 8.70. The second kappa shape index (κ2) is 15.2. The molecule has 0 aromatic heterocycles. The van der Waals surface area contributed by atoms with Gasteiger partial charge in [0.1, 0.15) is 11.3 Å². The van der Waals surface area contributed by atoms with Gasteiger partial charge in [-0.3, -0.25) is 9.59 Å². The van der Waals surface area contributed by atoms with Gasteiger partial charge in [0.15, 0.2) is 0 Å². The number of carbonyl (C=O) groups is 2. The van der Waals surface area contributed by atoms with E-state index in [1.165, 1.54) is 24.3 Å². The summed E-state index contributed by atoms with van der Waals surface area (Å²) in [5, 5.41) is 3.25. The molecular formula is C34H37ClN4O5S. The summed E-state index contributed by atoms with van der Waals surface area (Å²) in [5.74, 6) is -2.20. The van der Waals surface area contributed by atoms with Crippen LogP contribution in [0.5, 0.6) is 5.75 Å². The van der Waals surface area contributed by atoms with Crippen molar-refractivity contribution in [2.24, 2.45) is 17.4 Å². The van der Waals surface area contributed by atoms with Gasteiger partial charge in [-0.05, 0) is 72.0 Å². The molecule has 4 aromatic rings. The minimum absolute atomic E-state index is 0.0158. The highest BCUT2D eigenvalue weighted by Crippen LogP contribution is 2.31. The van der Waals surface area contributed by atoms with Crippen molar-refractivity contribution in [2.75, 3.05) is 6.61 Å². The zero-order valence-electron chi connectivity index (χ0n) is 24.9. The molecule has 9 nitrogen and oxygen atoms in total. The molecule has 0 fully saturated rings. The standard InChI is InChI=1S/C34H37ClN4O5S/c1-2-44-29-16-12-25(13-17-29)21-34(33(37)41,39-45(42,43)30-18-14-28(35)15-19-30)31(20-24-6-4-3-5-7-24)32(40)38-23-27-10-8-26(22-36)9-11-27/h3-19,31,39H,2,20-23,36H2,1H3,(H2,37,41)(H,38,40)/t31-,34?/m1/s1. The lowest BCUT2D eigenvalue weighted by atomic mass is 9.75. The maximum absolute atomic E-state index is 14.2. The van der Waals surface area contributed by atoms with Gasteiger partial charge in [0.05, 0.1) is 17.4 Å². The molecule has 0 radical (unpaired) electrons. The van der Waals surface area contributed by atoms with E-state index in [0.29, 0.717) is 35.1 Å². The number of rotatable bonds is 15. The monoisotopic (exact) mass is 648 g/mol. The number of nitrogens with two attached hydrogens (primary N) is 2. The lowest BCUT2D eigenvalue weighted by molar-refractivity contribution is -0.135. The van der Waals surface area contributed by atoms with E-state index in [9.17, 15) is 18.0 Å². The molecule has 0 aliphatic rings. The maximum atomic E-state index is 14.2. The molecule has 0 heterocycles. The largest absolute Gasteiger partial charge is 0.494 e. The third-order valence-electron chi connectivity index (χ3n) is 7.52.